The number of carbonyl (C=O) groups excluding carboxylic acids is 1. The van der Waals surface area contributed by atoms with Crippen molar-refractivity contribution in [3.8, 4) is 11.3 Å². The van der Waals surface area contributed by atoms with Crippen LogP contribution in [0.2, 0.25) is 0 Å². The summed E-state index contributed by atoms with van der Waals surface area (Å²) >= 11 is 2.53. The van der Waals surface area contributed by atoms with Gasteiger partial charge < -0.3 is 9.88 Å². The number of hydrogen-bond acceptors (Lipinski definition) is 8. The minimum atomic E-state index is -3.53. The largest absolute Gasteiger partial charge is 0.308 e. The number of carbonyl (C=O) groups is 1. The Labute approximate surface area is 193 Å². The maximum atomic E-state index is 12.6. The van der Waals surface area contributed by atoms with Gasteiger partial charge in [-0.2, -0.15) is 0 Å². The van der Waals surface area contributed by atoms with E-state index in [4.69, 9.17) is 0 Å². The second-order valence-corrected chi connectivity index (χ2v) is 10.6. The van der Waals surface area contributed by atoms with E-state index >= 15 is 0 Å². The lowest BCUT2D eigenvalue weighted by molar-refractivity contribution is -0.113. The molecular weight excluding hydrogens is 466 g/mol. The molecule has 0 aliphatic rings. The zero-order chi connectivity index (χ0) is 22.6. The number of hydrogen-bond donors (Lipinski definition) is 1. The van der Waals surface area contributed by atoms with E-state index < -0.39 is 9.84 Å². The fourth-order valence-electron chi connectivity index (χ4n) is 2.84. The molecule has 8 nitrogen and oxygen atoms in total. The molecule has 1 N–H and O–H groups in total. The zero-order valence-electron chi connectivity index (χ0n) is 17.0. The van der Waals surface area contributed by atoms with Crippen LogP contribution in [-0.4, -0.2) is 39.8 Å². The molecule has 0 atom stereocenters. The first kappa shape index (κ1) is 22.2. The molecule has 0 spiro atoms. The van der Waals surface area contributed by atoms with Gasteiger partial charge in [0.15, 0.2) is 20.1 Å². The lowest BCUT2D eigenvalue weighted by Crippen LogP contribution is -2.14. The number of thioether (sulfide) groups is 1. The van der Waals surface area contributed by atoms with E-state index in [-0.39, 0.29) is 22.3 Å². The molecule has 4 aromatic rings. The number of nitrogens with zero attached hydrogens (tertiary/aromatic N) is 4. The fraction of sp³-hybridized carbons (Fsp3) is 0.143. The normalized spacial score (nSPS) is 11.4. The van der Waals surface area contributed by atoms with Crippen molar-refractivity contribution in [2.24, 2.45) is 7.05 Å². The van der Waals surface area contributed by atoms with Crippen molar-refractivity contribution in [2.45, 2.75) is 15.8 Å². The first-order valence-corrected chi connectivity index (χ1v) is 13.0. The molecule has 2 aromatic carbocycles. The van der Waals surface area contributed by atoms with Gasteiger partial charge in [-0.15, -0.1) is 21.5 Å². The molecule has 11 heteroatoms. The van der Waals surface area contributed by atoms with Crippen molar-refractivity contribution < 1.29 is 13.2 Å². The Balaban J connectivity index is 1.35. The Hall–Kier alpha value is -3.02. The van der Waals surface area contributed by atoms with E-state index in [1.807, 2.05) is 35.7 Å². The monoisotopic (exact) mass is 485 g/mol. The van der Waals surface area contributed by atoms with Crippen LogP contribution in [0.5, 0.6) is 0 Å². The molecule has 0 aliphatic carbocycles. The summed E-state index contributed by atoms with van der Waals surface area (Å²) in [7, 11) is -1.85. The molecule has 2 aromatic heterocycles. The van der Waals surface area contributed by atoms with E-state index in [9.17, 15) is 13.2 Å². The van der Waals surface area contributed by atoms with Crippen molar-refractivity contribution in [1.82, 2.24) is 19.7 Å². The predicted molar refractivity (Wildman–Crippen MR) is 125 cm³/mol. The average Bonchev–Trinajstić information content (AvgIpc) is 3.40. The third-order valence-electron chi connectivity index (χ3n) is 4.50. The molecule has 0 bridgehead atoms. The van der Waals surface area contributed by atoms with Gasteiger partial charge in [0.05, 0.1) is 16.3 Å². The highest BCUT2D eigenvalue weighted by Gasteiger charge is 2.20. The van der Waals surface area contributed by atoms with Crippen LogP contribution in [0.25, 0.3) is 11.3 Å². The van der Waals surface area contributed by atoms with Crippen LogP contribution in [-0.2, 0) is 27.4 Å². The molecule has 0 saturated heterocycles. The standard InChI is InChI=1S/C21H19N5O3S3/c1-26-18(14-32(28,29)16-10-6-3-7-11-16)24-25-21(26)31-13-19(27)23-20-22-17(12-30-20)15-8-4-2-5-9-15/h2-12H,13-14H2,1H3,(H,22,23,27). The molecule has 2 heterocycles. The zero-order valence-corrected chi connectivity index (χ0v) is 19.5. The Morgan fingerprint density at radius 1 is 1.06 bits per heavy atom. The van der Waals surface area contributed by atoms with Crippen molar-refractivity contribution in [1.29, 1.82) is 0 Å². The molecule has 32 heavy (non-hydrogen) atoms. The van der Waals surface area contributed by atoms with Gasteiger partial charge in [0.1, 0.15) is 11.6 Å². The summed E-state index contributed by atoms with van der Waals surface area (Å²) < 4.78 is 26.8. The number of benzene rings is 2. The van der Waals surface area contributed by atoms with Gasteiger partial charge in [0, 0.05) is 18.0 Å². The summed E-state index contributed by atoms with van der Waals surface area (Å²) in [5.41, 5.74) is 1.78. The number of aromatic nitrogens is 4. The van der Waals surface area contributed by atoms with Crippen LogP contribution in [0.15, 0.2) is 76.1 Å². The lowest BCUT2D eigenvalue weighted by atomic mass is 10.2. The molecular formula is C21H19N5O3S3. The van der Waals surface area contributed by atoms with Crippen molar-refractivity contribution in [2.75, 3.05) is 11.1 Å². The number of nitrogens with one attached hydrogen (secondary N) is 1. The molecule has 0 unspecified atom stereocenters. The van der Waals surface area contributed by atoms with Crippen LogP contribution < -0.4 is 5.32 Å². The minimum absolute atomic E-state index is 0.0949. The number of anilines is 1. The quantitative estimate of drug-likeness (QED) is 0.380. The Morgan fingerprint density at radius 3 is 2.47 bits per heavy atom. The van der Waals surface area contributed by atoms with Gasteiger partial charge in [-0.1, -0.05) is 60.3 Å². The van der Waals surface area contributed by atoms with Crippen molar-refractivity contribution >= 4 is 44.0 Å². The molecule has 0 saturated carbocycles. The lowest BCUT2D eigenvalue weighted by Gasteiger charge is -2.05. The summed E-state index contributed by atoms with van der Waals surface area (Å²) in [5, 5.41) is 13.7. The molecule has 1 amide bonds. The maximum Gasteiger partial charge on any atom is 0.236 e. The maximum absolute atomic E-state index is 12.6. The van der Waals surface area contributed by atoms with Crippen LogP contribution >= 0.6 is 23.1 Å². The van der Waals surface area contributed by atoms with Crippen molar-refractivity contribution in [3.63, 3.8) is 0 Å². The van der Waals surface area contributed by atoms with Gasteiger partial charge in [-0.25, -0.2) is 13.4 Å². The average molecular weight is 486 g/mol. The molecule has 0 aliphatic heterocycles. The van der Waals surface area contributed by atoms with Gasteiger partial charge in [0.25, 0.3) is 0 Å². The summed E-state index contributed by atoms with van der Waals surface area (Å²) in [4.78, 5) is 17.0. The fourth-order valence-corrected chi connectivity index (χ4v) is 5.63. The number of amides is 1. The summed E-state index contributed by atoms with van der Waals surface area (Å²) in [6, 6.07) is 17.9. The smallest absolute Gasteiger partial charge is 0.236 e. The van der Waals surface area contributed by atoms with Gasteiger partial charge >= 0.3 is 0 Å². The highest BCUT2D eigenvalue weighted by Crippen LogP contribution is 2.25. The Morgan fingerprint density at radius 2 is 1.75 bits per heavy atom. The third-order valence-corrected chi connectivity index (χ3v) is 7.91. The predicted octanol–water partition coefficient (Wildman–Crippen LogP) is 3.64. The van der Waals surface area contributed by atoms with E-state index in [0.29, 0.717) is 16.1 Å². The van der Waals surface area contributed by atoms with E-state index in [1.165, 1.54) is 23.1 Å². The molecule has 0 radical (unpaired) electrons. The number of rotatable bonds is 8. The first-order chi connectivity index (χ1) is 15.4. The SMILES string of the molecule is Cn1c(CS(=O)(=O)c2ccccc2)nnc1SCC(=O)Nc1nc(-c2ccccc2)cs1. The number of thiazole rings is 1. The first-order valence-electron chi connectivity index (χ1n) is 9.52. The van der Waals surface area contributed by atoms with E-state index in [2.05, 4.69) is 20.5 Å². The van der Waals surface area contributed by atoms with Gasteiger partial charge in [-0.05, 0) is 12.1 Å². The van der Waals surface area contributed by atoms with Crippen molar-refractivity contribution in [3.05, 3.63) is 71.9 Å². The Kier molecular flexibility index (Phi) is 6.68. The van der Waals surface area contributed by atoms with E-state index in [0.717, 1.165) is 11.3 Å². The third kappa shape index (κ3) is 5.23. The van der Waals surface area contributed by atoms with Crippen LogP contribution in [0.1, 0.15) is 5.82 Å². The molecule has 164 valence electrons. The van der Waals surface area contributed by atoms with Crippen LogP contribution in [0.3, 0.4) is 0 Å². The summed E-state index contributed by atoms with van der Waals surface area (Å²) in [5.74, 6) is -0.0960. The van der Waals surface area contributed by atoms with Gasteiger partial charge in [-0.3, -0.25) is 4.79 Å². The minimum Gasteiger partial charge on any atom is -0.308 e. The summed E-state index contributed by atoms with van der Waals surface area (Å²) in [6.45, 7) is 0. The molecule has 0 fully saturated rings. The van der Waals surface area contributed by atoms with Gasteiger partial charge in [0.2, 0.25) is 5.91 Å². The highest BCUT2D eigenvalue weighted by molar-refractivity contribution is 7.99. The van der Waals surface area contributed by atoms with Crippen LogP contribution in [0, 0.1) is 0 Å². The van der Waals surface area contributed by atoms with Crippen LogP contribution in [0.4, 0.5) is 5.13 Å². The Bertz CT molecular complexity index is 1320. The van der Waals surface area contributed by atoms with E-state index in [1.54, 1.807) is 41.9 Å². The highest BCUT2D eigenvalue weighted by atomic mass is 32.2. The topological polar surface area (TPSA) is 107 Å². The second-order valence-electron chi connectivity index (χ2n) is 6.77. The summed E-state index contributed by atoms with van der Waals surface area (Å²) in [6.07, 6.45) is 0. The number of sulfone groups is 1. The molecule has 4 rings (SSSR count). The second kappa shape index (κ2) is 9.63.